The first kappa shape index (κ1) is 16.9. The Morgan fingerprint density at radius 2 is 2.11 bits per heavy atom. The van der Waals surface area contributed by atoms with Gasteiger partial charge in [0.05, 0.1) is 23.3 Å². The van der Waals surface area contributed by atoms with Crippen LogP contribution in [0.1, 0.15) is 5.56 Å². The maximum atomic E-state index is 8.94. The highest BCUT2D eigenvalue weighted by molar-refractivity contribution is 5.94. The molecule has 9 nitrogen and oxygen atoms in total. The number of nitriles is 1. The summed E-state index contributed by atoms with van der Waals surface area (Å²) in [5.41, 5.74) is 2.07. The minimum atomic E-state index is -0.203. The van der Waals surface area contributed by atoms with Gasteiger partial charge in [0.2, 0.25) is 0 Å². The zero-order chi connectivity index (χ0) is 19.0. The summed E-state index contributed by atoms with van der Waals surface area (Å²) in [6.07, 6.45) is 4.78. The predicted octanol–water partition coefficient (Wildman–Crippen LogP) is 0.757. The van der Waals surface area contributed by atoms with Gasteiger partial charge in [-0.05, 0) is 25.2 Å². The van der Waals surface area contributed by atoms with E-state index in [1.165, 1.54) is 6.20 Å². The van der Waals surface area contributed by atoms with Gasteiger partial charge in [0.1, 0.15) is 23.2 Å². The summed E-state index contributed by atoms with van der Waals surface area (Å²) in [5.74, 6) is 1.12. The molecule has 0 bridgehead atoms. The monoisotopic (exact) mass is 361 g/mol. The molecular weight excluding hydrogens is 342 g/mol. The van der Waals surface area contributed by atoms with E-state index < -0.39 is 0 Å². The van der Waals surface area contributed by atoms with Crippen molar-refractivity contribution in [3.63, 3.8) is 0 Å². The van der Waals surface area contributed by atoms with Crippen LogP contribution < -0.4 is 10.4 Å². The van der Waals surface area contributed by atoms with Crippen molar-refractivity contribution in [1.82, 2.24) is 24.4 Å². The molecule has 3 aromatic rings. The van der Waals surface area contributed by atoms with Crippen LogP contribution in [-0.2, 0) is 0 Å². The van der Waals surface area contributed by atoms with Crippen molar-refractivity contribution in [2.24, 2.45) is 0 Å². The van der Waals surface area contributed by atoms with Gasteiger partial charge in [0, 0.05) is 32.0 Å². The van der Waals surface area contributed by atoms with Gasteiger partial charge in [-0.2, -0.15) is 5.26 Å². The number of nitrogens with zero attached hydrogens (tertiary/aromatic N) is 6. The largest absolute Gasteiger partial charge is 0.353 e. The molecule has 0 aliphatic carbocycles. The fraction of sp³-hybridized carbons (Fsp3) is 0.278. The van der Waals surface area contributed by atoms with E-state index in [-0.39, 0.29) is 11.5 Å². The lowest BCUT2D eigenvalue weighted by atomic mass is 10.1. The average Bonchev–Trinajstić information content (AvgIpc) is 3.16. The molecule has 9 heteroatoms. The Bertz CT molecular complexity index is 1090. The first-order valence-corrected chi connectivity index (χ1v) is 8.58. The summed E-state index contributed by atoms with van der Waals surface area (Å²) in [4.78, 5) is 15.8. The van der Waals surface area contributed by atoms with E-state index in [1.807, 2.05) is 19.2 Å². The first-order valence-electron chi connectivity index (χ1n) is 8.58. The highest BCUT2D eigenvalue weighted by atomic mass is 15.3. The number of hydrogen-bond acceptors (Lipinski definition) is 7. The molecule has 0 saturated carbocycles. The second-order valence-corrected chi connectivity index (χ2v) is 6.53. The standard InChI is InChI=1S/C18H19N9/c1-25-6-7-26(16-3-2-12(8-19)9-23-16)11-14(25)17(21)27-13-4-5-22-18(13)24-10-15(27)20/h2-5,9-10,14,20-22H,6-7,11H2,1H3/t14-/m1/s1. The molecule has 0 spiro atoms. The molecule has 3 N–H and O–H groups in total. The fourth-order valence-electron chi connectivity index (χ4n) is 3.37. The van der Waals surface area contributed by atoms with E-state index in [0.29, 0.717) is 23.6 Å². The number of likely N-dealkylation sites (N-methyl/N-ethyl adjacent to an activating group) is 1. The normalized spacial score (nSPS) is 17.8. The van der Waals surface area contributed by atoms with Crippen LogP contribution in [0.2, 0.25) is 0 Å². The van der Waals surface area contributed by atoms with Gasteiger partial charge in [-0.1, -0.05) is 0 Å². The number of anilines is 1. The lowest BCUT2D eigenvalue weighted by Gasteiger charge is -2.40. The van der Waals surface area contributed by atoms with Gasteiger partial charge in [-0.3, -0.25) is 20.3 Å². The van der Waals surface area contributed by atoms with Crippen LogP contribution in [0.4, 0.5) is 5.82 Å². The van der Waals surface area contributed by atoms with Gasteiger partial charge < -0.3 is 9.88 Å². The second-order valence-electron chi connectivity index (χ2n) is 6.53. The van der Waals surface area contributed by atoms with Crippen molar-refractivity contribution in [3.05, 3.63) is 47.8 Å². The third kappa shape index (κ3) is 2.96. The third-order valence-electron chi connectivity index (χ3n) is 4.91. The molecular formula is C18H19N9. The Morgan fingerprint density at radius 1 is 1.26 bits per heavy atom. The molecule has 0 unspecified atom stereocenters. The van der Waals surface area contributed by atoms with Gasteiger partial charge in [0.25, 0.3) is 0 Å². The quantitative estimate of drug-likeness (QED) is 0.459. The molecule has 3 aromatic heterocycles. The average molecular weight is 361 g/mol. The number of aromatic amines is 1. The molecule has 1 saturated heterocycles. The van der Waals surface area contributed by atoms with E-state index in [9.17, 15) is 0 Å². The molecule has 4 rings (SSSR count). The van der Waals surface area contributed by atoms with Gasteiger partial charge in [-0.15, -0.1) is 0 Å². The Labute approximate surface area is 155 Å². The van der Waals surface area contributed by atoms with Gasteiger partial charge in [0.15, 0.2) is 5.65 Å². The smallest absolute Gasteiger partial charge is 0.154 e. The lowest BCUT2D eigenvalue weighted by molar-refractivity contribution is 0.266. The molecule has 1 fully saturated rings. The molecule has 1 aliphatic heterocycles. The Balaban J connectivity index is 1.66. The number of rotatable bonds is 2. The van der Waals surface area contributed by atoms with Crippen LogP contribution in [-0.4, -0.2) is 63.0 Å². The molecule has 0 radical (unpaired) electrons. The fourth-order valence-corrected chi connectivity index (χ4v) is 3.37. The number of fused-ring (bicyclic) bond motifs is 1. The number of pyridine rings is 1. The minimum Gasteiger partial charge on any atom is -0.353 e. The van der Waals surface area contributed by atoms with Crippen molar-refractivity contribution in [2.75, 3.05) is 31.6 Å². The van der Waals surface area contributed by atoms with Crippen LogP contribution in [0.25, 0.3) is 11.2 Å². The van der Waals surface area contributed by atoms with Crippen LogP contribution >= 0.6 is 0 Å². The zero-order valence-corrected chi connectivity index (χ0v) is 14.8. The van der Waals surface area contributed by atoms with Crippen molar-refractivity contribution < 1.29 is 0 Å². The predicted molar refractivity (Wildman–Crippen MR) is 101 cm³/mol. The Kier molecular flexibility index (Phi) is 4.18. The number of nitrogens with one attached hydrogen (secondary N) is 3. The van der Waals surface area contributed by atoms with Crippen LogP contribution in [0.15, 0.2) is 36.8 Å². The number of H-pyrrole nitrogens is 1. The topological polar surface area (TPSA) is 124 Å². The molecule has 0 amide bonds. The summed E-state index contributed by atoms with van der Waals surface area (Å²) in [5, 5.41) is 26.0. The summed E-state index contributed by atoms with van der Waals surface area (Å²) in [6, 6.07) is 7.30. The van der Waals surface area contributed by atoms with Crippen molar-refractivity contribution >= 4 is 22.8 Å². The van der Waals surface area contributed by atoms with Crippen molar-refractivity contribution in [3.8, 4) is 6.07 Å². The van der Waals surface area contributed by atoms with Gasteiger partial charge >= 0.3 is 0 Å². The number of piperazine rings is 1. The van der Waals surface area contributed by atoms with E-state index in [2.05, 4.69) is 30.8 Å². The molecule has 4 heterocycles. The number of aromatic nitrogens is 4. The highest BCUT2D eigenvalue weighted by Gasteiger charge is 2.30. The minimum absolute atomic E-state index is 0.175. The highest BCUT2D eigenvalue weighted by Crippen LogP contribution is 2.18. The Morgan fingerprint density at radius 3 is 2.85 bits per heavy atom. The maximum absolute atomic E-state index is 8.94. The van der Waals surface area contributed by atoms with Crippen LogP contribution in [0, 0.1) is 22.1 Å². The number of hydrogen-bond donors (Lipinski definition) is 3. The lowest BCUT2D eigenvalue weighted by Crippen LogP contribution is -2.57. The first-order chi connectivity index (χ1) is 13.1. The third-order valence-corrected chi connectivity index (χ3v) is 4.91. The van der Waals surface area contributed by atoms with E-state index in [4.69, 9.17) is 16.1 Å². The van der Waals surface area contributed by atoms with Crippen LogP contribution in [0.5, 0.6) is 0 Å². The molecule has 1 atom stereocenters. The summed E-state index contributed by atoms with van der Waals surface area (Å²) in [6.45, 7) is 2.13. The molecule has 1 aliphatic rings. The van der Waals surface area contributed by atoms with Gasteiger partial charge in [-0.25, -0.2) is 9.97 Å². The second kappa shape index (κ2) is 6.66. The van der Waals surface area contributed by atoms with E-state index in [0.717, 1.165) is 24.4 Å². The summed E-state index contributed by atoms with van der Waals surface area (Å²) < 4.78 is 1.62. The van der Waals surface area contributed by atoms with Crippen molar-refractivity contribution in [2.45, 2.75) is 6.04 Å². The molecule has 0 aromatic carbocycles. The molecule has 136 valence electrons. The summed E-state index contributed by atoms with van der Waals surface area (Å²) in [7, 11) is 1.99. The summed E-state index contributed by atoms with van der Waals surface area (Å²) >= 11 is 0. The molecule has 27 heavy (non-hydrogen) atoms. The van der Waals surface area contributed by atoms with Crippen molar-refractivity contribution in [1.29, 1.82) is 16.1 Å². The Hall–Kier alpha value is -3.51. The van der Waals surface area contributed by atoms with E-state index in [1.54, 1.807) is 23.0 Å². The van der Waals surface area contributed by atoms with E-state index >= 15 is 0 Å². The van der Waals surface area contributed by atoms with Crippen LogP contribution in [0.3, 0.4) is 0 Å². The maximum Gasteiger partial charge on any atom is 0.154 e. The SMILES string of the molecule is CN1CCN(c2ccc(C#N)cn2)C[C@@H]1C(=N)n1c(=N)cnc2[nH]ccc21. The zero-order valence-electron chi connectivity index (χ0n) is 14.8.